The van der Waals surface area contributed by atoms with E-state index >= 15 is 0 Å². The quantitative estimate of drug-likeness (QED) is 0.816. The predicted octanol–water partition coefficient (Wildman–Crippen LogP) is 4.04. The maximum Gasteiger partial charge on any atom is 0.140 e. The van der Waals surface area contributed by atoms with Crippen LogP contribution >= 0.6 is 15.9 Å². The van der Waals surface area contributed by atoms with E-state index in [0.717, 1.165) is 41.0 Å². The lowest BCUT2D eigenvalue weighted by atomic mass is 9.89. The highest BCUT2D eigenvalue weighted by atomic mass is 79.9. The van der Waals surface area contributed by atoms with Crippen molar-refractivity contribution in [3.63, 3.8) is 0 Å². The van der Waals surface area contributed by atoms with Gasteiger partial charge in [-0.15, -0.1) is 0 Å². The molecule has 1 atom stereocenters. The molecule has 0 fully saturated rings. The van der Waals surface area contributed by atoms with E-state index < -0.39 is 0 Å². The van der Waals surface area contributed by atoms with Crippen molar-refractivity contribution in [1.82, 2.24) is 0 Å². The average molecular weight is 285 g/mol. The minimum Gasteiger partial charge on any atom is -0.496 e. The number of benzene rings is 1. The van der Waals surface area contributed by atoms with Crippen LogP contribution < -0.4 is 9.47 Å². The van der Waals surface area contributed by atoms with Crippen LogP contribution in [0.3, 0.4) is 0 Å². The molecule has 0 aromatic heterocycles. The highest BCUT2D eigenvalue weighted by molar-refractivity contribution is 9.10. The van der Waals surface area contributed by atoms with Crippen molar-refractivity contribution in [2.24, 2.45) is 0 Å². The Kier molecular flexibility index (Phi) is 3.43. The Labute approximate surface area is 105 Å². The number of ether oxygens (including phenoxy) is 2. The molecule has 88 valence electrons. The molecule has 16 heavy (non-hydrogen) atoms. The van der Waals surface area contributed by atoms with Crippen LogP contribution in [0, 0.1) is 6.92 Å². The van der Waals surface area contributed by atoms with Gasteiger partial charge in [0, 0.05) is 5.56 Å². The standard InChI is InChI=1S/C13H17BrO2/c1-4-9-5-6-16-13-11(9)10(15-3)7-8(2)12(13)14/h7,9H,4-6H2,1-3H3/t9-/m1/s1. The van der Waals surface area contributed by atoms with Crippen molar-refractivity contribution in [2.75, 3.05) is 13.7 Å². The van der Waals surface area contributed by atoms with Gasteiger partial charge in [0.25, 0.3) is 0 Å². The van der Waals surface area contributed by atoms with Gasteiger partial charge in [0.2, 0.25) is 0 Å². The summed E-state index contributed by atoms with van der Waals surface area (Å²) in [6.07, 6.45) is 2.21. The van der Waals surface area contributed by atoms with E-state index in [1.807, 2.05) is 0 Å². The molecule has 1 aromatic carbocycles. The van der Waals surface area contributed by atoms with E-state index in [-0.39, 0.29) is 0 Å². The molecule has 1 heterocycles. The fourth-order valence-electron chi connectivity index (χ4n) is 2.30. The van der Waals surface area contributed by atoms with Gasteiger partial charge < -0.3 is 9.47 Å². The van der Waals surface area contributed by atoms with Gasteiger partial charge in [0.05, 0.1) is 18.2 Å². The van der Waals surface area contributed by atoms with E-state index in [1.165, 1.54) is 5.56 Å². The molecule has 0 radical (unpaired) electrons. The second-order valence-corrected chi connectivity index (χ2v) is 4.99. The van der Waals surface area contributed by atoms with Crippen molar-refractivity contribution in [2.45, 2.75) is 32.6 Å². The van der Waals surface area contributed by atoms with Crippen molar-refractivity contribution in [1.29, 1.82) is 0 Å². The highest BCUT2D eigenvalue weighted by Crippen LogP contribution is 2.47. The second-order valence-electron chi connectivity index (χ2n) is 4.19. The number of hydrogen-bond donors (Lipinski definition) is 0. The van der Waals surface area contributed by atoms with E-state index in [0.29, 0.717) is 5.92 Å². The molecule has 1 aliphatic heterocycles. The molecule has 2 nitrogen and oxygen atoms in total. The zero-order chi connectivity index (χ0) is 11.7. The second kappa shape index (κ2) is 4.66. The summed E-state index contributed by atoms with van der Waals surface area (Å²) in [7, 11) is 1.73. The summed E-state index contributed by atoms with van der Waals surface area (Å²) >= 11 is 3.61. The number of fused-ring (bicyclic) bond motifs is 1. The summed E-state index contributed by atoms with van der Waals surface area (Å²) in [5.74, 6) is 2.49. The number of hydrogen-bond acceptors (Lipinski definition) is 2. The van der Waals surface area contributed by atoms with Gasteiger partial charge in [-0.3, -0.25) is 0 Å². The molecule has 0 aliphatic carbocycles. The van der Waals surface area contributed by atoms with Gasteiger partial charge in [0.15, 0.2) is 0 Å². The molecule has 1 aromatic rings. The number of aryl methyl sites for hydroxylation is 1. The first kappa shape index (κ1) is 11.8. The zero-order valence-corrected chi connectivity index (χ0v) is 11.6. The Bertz CT molecular complexity index is 401. The minimum atomic E-state index is 0.551. The predicted molar refractivity (Wildman–Crippen MR) is 68.6 cm³/mol. The third kappa shape index (κ3) is 1.81. The molecule has 3 heteroatoms. The topological polar surface area (TPSA) is 18.5 Å². The largest absolute Gasteiger partial charge is 0.496 e. The molecular formula is C13H17BrO2. The van der Waals surface area contributed by atoms with Crippen LogP contribution in [0.2, 0.25) is 0 Å². The fraction of sp³-hybridized carbons (Fsp3) is 0.538. The number of rotatable bonds is 2. The fourth-order valence-corrected chi connectivity index (χ4v) is 2.74. The lowest BCUT2D eigenvalue weighted by Crippen LogP contribution is -2.15. The molecule has 1 aliphatic rings. The monoisotopic (exact) mass is 284 g/mol. The van der Waals surface area contributed by atoms with Crippen LogP contribution in [-0.2, 0) is 0 Å². The van der Waals surface area contributed by atoms with E-state index in [9.17, 15) is 0 Å². The number of methoxy groups -OCH3 is 1. The third-order valence-electron chi connectivity index (χ3n) is 3.24. The average Bonchev–Trinajstić information content (AvgIpc) is 2.32. The van der Waals surface area contributed by atoms with E-state index in [4.69, 9.17) is 9.47 Å². The zero-order valence-electron chi connectivity index (χ0n) is 9.97. The smallest absolute Gasteiger partial charge is 0.140 e. The molecule has 0 unspecified atom stereocenters. The Morgan fingerprint density at radius 2 is 2.31 bits per heavy atom. The molecule has 0 saturated carbocycles. The van der Waals surface area contributed by atoms with Crippen molar-refractivity contribution in [3.05, 3.63) is 21.7 Å². The Balaban J connectivity index is 2.62. The Hall–Kier alpha value is -0.700. The maximum atomic E-state index is 5.78. The van der Waals surface area contributed by atoms with E-state index in [1.54, 1.807) is 7.11 Å². The summed E-state index contributed by atoms with van der Waals surface area (Å²) in [6.45, 7) is 5.08. The SMILES string of the molecule is CC[C@@H]1CCOc2c(Br)c(C)cc(OC)c21. The van der Waals surface area contributed by atoms with Crippen LogP contribution in [0.5, 0.6) is 11.5 Å². The Morgan fingerprint density at radius 1 is 1.56 bits per heavy atom. The van der Waals surface area contributed by atoms with Gasteiger partial charge in [-0.2, -0.15) is 0 Å². The summed E-state index contributed by atoms with van der Waals surface area (Å²) in [6, 6.07) is 2.08. The molecule has 0 saturated heterocycles. The first-order valence-corrected chi connectivity index (χ1v) is 6.48. The van der Waals surface area contributed by atoms with Crippen molar-refractivity contribution >= 4 is 15.9 Å². The number of halogens is 1. The minimum absolute atomic E-state index is 0.551. The van der Waals surface area contributed by atoms with Crippen LogP contribution in [-0.4, -0.2) is 13.7 Å². The van der Waals surface area contributed by atoms with Gasteiger partial charge in [-0.1, -0.05) is 6.92 Å². The van der Waals surface area contributed by atoms with E-state index in [2.05, 4.69) is 35.8 Å². The lowest BCUT2D eigenvalue weighted by Gasteiger charge is -2.28. The summed E-state index contributed by atoms with van der Waals surface area (Å²) in [5.41, 5.74) is 2.39. The third-order valence-corrected chi connectivity index (χ3v) is 4.22. The summed E-state index contributed by atoms with van der Waals surface area (Å²) in [4.78, 5) is 0. The van der Waals surface area contributed by atoms with Gasteiger partial charge in [-0.25, -0.2) is 0 Å². The summed E-state index contributed by atoms with van der Waals surface area (Å²) in [5, 5.41) is 0. The van der Waals surface area contributed by atoms with Crippen molar-refractivity contribution < 1.29 is 9.47 Å². The van der Waals surface area contributed by atoms with Crippen LogP contribution in [0.15, 0.2) is 10.5 Å². The van der Waals surface area contributed by atoms with Gasteiger partial charge >= 0.3 is 0 Å². The normalized spacial score (nSPS) is 18.9. The Morgan fingerprint density at radius 3 is 2.94 bits per heavy atom. The molecule has 0 spiro atoms. The first-order chi connectivity index (χ1) is 7.69. The molecule has 0 amide bonds. The van der Waals surface area contributed by atoms with Gasteiger partial charge in [-0.05, 0) is 53.2 Å². The van der Waals surface area contributed by atoms with Crippen LogP contribution in [0.1, 0.15) is 36.8 Å². The molecule has 0 N–H and O–H groups in total. The van der Waals surface area contributed by atoms with Crippen molar-refractivity contribution in [3.8, 4) is 11.5 Å². The summed E-state index contributed by atoms with van der Waals surface area (Å²) < 4.78 is 12.3. The highest BCUT2D eigenvalue weighted by Gasteiger charge is 2.27. The first-order valence-electron chi connectivity index (χ1n) is 5.68. The molecule has 2 rings (SSSR count). The van der Waals surface area contributed by atoms with Crippen LogP contribution in [0.25, 0.3) is 0 Å². The van der Waals surface area contributed by atoms with Gasteiger partial charge in [0.1, 0.15) is 11.5 Å². The molecular weight excluding hydrogens is 268 g/mol. The molecule has 0 bridgehead atoms. The van der Waals surface area contributed by atoms with Crippen LogP contribution in [0.4, 0.5) is 0 Å². The lowest BCUT2D eigenvalue weighted by molar-refractivity contribution is 0.256. The maximum absolute atomic E-state index is 5.78.